The van der Waals surface area contributed by atoms with Crippen LogP contribution in [-0.4, -0.2) is 17.0 Å². The molecule has 0 radical (unpaired) electrons. The van der Waals surface area contributed by atoms with Gasteiger partial charge in [-0.1, -0.05) is 18.6 Å². The molecule has 0 bridgehead atoms. The van der Waals surface area contributed by atoms with Crippen LogP contribution in [0.15, 0.2) is 35.7 Å². The third-order valence-electron chi connectivity index (χ3n) is 2.53. The fourth-order valence-corrected chi connectivity index (χ4v) is 1.67. The van der Waals surface area contributed by atoms with Crippen molar-refractivity contribution in [1.29, 1.82) is 0 Å². The van der Waals surface area contributed by atoms with Crippen molar-refractivity contribution in [2.24, 2.45) is 5.92 Å². The number of hydrogen-bond donors (Lipinski definition) is 1. The Morgan fingerprint density at radius 2 is 1.95 bits per heavy atom. The van der Waals surface area contributed by atoms with E-state index in [-0.39, 0.29) is 12.0 Å². The molecule has 0 aliphatic heterocycles. The SMILES string of the molecule is C=C(F)/C(F)=C(F)\C=C(/C)C(CCCCCl)C(=O)O. The van der Waals surface area contributed by atoms with Crippen LogP contribution in [0.5, 0.6) is 0 Å². The highest BCUT2D eigenvalue weighted by molar-refractivity contribution is 6.17. The van der Waals surface area contributed by atoms with Gasteiger partial charge in [-0.3, -0.25) is 4.79 Å². The van der Waals surface area contributed by atoms with Gasteiger partial charge in [-0.2, -0.15) is 0 Å². The van der Waals surface area contributed by atoms with Gasteiger partial charge >= 0.3 is 5.97 Å². The first-order chi connectivity index (χ1) is 8.81. The minimum Gasteiger partial charge on any atom is -0.481 e. The molecule has 0 aromatic carbocycles. The van der Waals surface area contributed by atoms with E-state index in [9.17, 15) is 18.0 Å². The van der Waals surface area contributed by atoms with Crippen molar-refractivity contribution in [3.63, 3.8) is 0 Å². The van der Waals surface area contributed by atoms with Gasteiger partial charge in [0.1, 0.15) is 0 Å². The summed E-state index contributed by atoms with van der Waals surface area (Å²) < 4.78 is 38.5. The summed E-state index contributed by atoms with van der Waals surface area (Å²) in [6.45, 7) is 3.98. The standard InChI is InChI=1S/C13H16ClF3O2/c1-8(7-11(16)12(17)9(2)15)10(13(18)19)5-3-4-6-14/h7,10H,2-6H2,1H3,(H,18,19)/b8-7+,12-11-. The number of rotatable bonds is 8. The van der Waals surface area contributed by atoms with Crippen LogP contribution in [0.3, 0.4) is 0 Å². The van der Waals surface area contributed by atoms with Crippen molar-refractivity contribution >= 4 is 17.6 Å². The molecule has 1 N–H and O–H groups in total. The van der Waals surface area contributed by atoms with Gasteiger partial charge in [-0.25, -0.2) is 13.2 Å². The number of unbranched alkanes of at least 4 members (excludes halogenated alkanes) is 1. The summed E-state index contributed by atoms with van der Waals surface area (Å²) in [7, 11) is 0. The fourth-order valence-electron chi connectivity index (χ4n) is 1.48. The van der Waals surface area contributed by atoms with Gasteiger partial charge in [-0.15, -0.1) is 11.6 Å². The molecule has 0 saturated heterocycles. The summed E-state index contributed by atoms with van der Waals surface area (Å²) in [6.07, 6.45) is 2.12. The molecular formula is C13H16ClF3O2. The summed E-state index contributed by atoms with van der Waals surface area (Å²) in [5.41, 5.74) is 0.107. The summed E-state index contributed by atoms with van der Waals surface area (Å²) in [5.74, 6) is -6.40. The Morgan fingerprint density at radius 3 is 2.37 bits per heavy atom. The van der Waals surface area contributed by atoms with E-state index in [4.69, 9.17) is 16.7 Å². The summed E-state index contributed by atoms with van der Waals surface area (Å²) in [4.78, 5) is 11.0. The van der Waals surface area contributed by atoms with Crippen LogP contribution >= 0.6 is 11.6 Å². The van der Waals surface area contributed by atoms with Crippen LogP contribution in [0.4, 0.5) is 13.2 Å². The Labute approximate surface area is 115 Å². The predicted molar refractivity (Wildman–Crippen MR) is 68.9 cm³/mol. The zero-order valence-electron chi connectivity index (χ0n) is 10.6. The Balaban J connectivity index is 4.99. The second-order valence-corrected chi connectivity index (χ2v) is 4.41. The molecular weight excluding hydrogens is 281 g/mol. The predicted octanol–water partition coefficient (Wildman–Crippen LogP) is 4.68. The van der Waals surface area contributed by atoms with E-state index in [1.165, 1.54) is 6.92 Å². The first-order valence-corrected chi connectivity index (χ1v) is 6.21. The highest BCUT2D eigenvalue weighted by atomic mass is 35.5. The molecule has 0 spiro atoms. The quantitative estimate of drug-likeness (QED) is 0.401. The molecule has 0 aliphatic carbocycles. The molecule has 0 aromatic heterocycles. The van der Waals surface area contributed by atoms with Gasteiger partial charge in [0.2, 0.25) is 0 Å². The lowest BCUT2D eigenvalue weighted by atomic mass is 9.94. The number of hydrogen-bond acceptors (Lipinski definition) is 1. The molecule has 0 aromatic rings. The van der Waals surface area contributed by atoms with E-state index in [2.05, 4.69) is 6.58 Å². The van der Waals surface area contributed by atoms with Crippen LogP contribution < -0.4 is 0 Å². The lowest BCUT2D eigenvalue weighted by Crippen LogP contribution is -2.15. The maximum Gasteiger partial charge on any atom is 0.310 e. The van der Waals surface area contributed by atoms with Gasteiger partial charge in [-0.05, 0) is 25.8 Å². The molecule has 0 rings (SSSR count). The van der Waals surface area contributed by atoms with Crippen molar-refractivity contribution < 1.29 is 23.1 Å². The van der Waals surface area contributed by atoms with Crippen molar-refractivity contribution in [2.75, 3.05) is 5.88 Å². The molecule has 2 nitrogen and oxygen atoms in total. The van der Waals surface area contributed by atoms with Crippen LogP contribution in [0.2, 0.25) is 0 Å². The molecule has 0 heterocycles. The molecule has 19 heavy (non-hydrogen) atoms. The molecule has 108 valence electrons. The molecule has 0 fully saturated rings. The Morgan fingerprint density at radius 1 is 1.37 bits per heavy atom. The third-order valence-corrected chi connectivity index (χ3v) is 2.79. The van der Waals surface area contributed by atoms with Crippen molar-refractivity contribution in [3.05, 3.63) is 35.7 Å². The van der Waals surface area contributed by atoms with Crippen LogP contribution in [0.25, 0.3) is 0 Å². The Bertz CT molecular complexity index is 403. The number of allylic oxidation sites excluding steroid dienone is 4. The van der Waals surface area contributed by atoms with Gasteiger partial charge < -0.3 is 5.11 Å². The largest absolute Gasteiger partial charge is 0.481 e. The lowest BCUT2D eigenvalue weighted by Gasteiger charge is -2.12. The second kappa shape index (κ2) is 8.80. The van der Waals surface area contributed by atoms with E-state index in [1.807, 2.05) is 0 Å². The monoisotopic (exact) mass is 296 g/mol. The first kappa shape index (κ1) is 17.8. The zero-order valence-corrected chi connectivity index (χ0v) is 11.3. The molecule has 1 unspecified atom stereocenters. The van der Waals surface area contributed by atoms with Gasteiger partial charge in [0, 0.05) is 5.88 Å². The number of alkyl halides is 1. The van der Waals surface area contributed by atoms with E-state index in [1.54, 1.807) is 0 Å². The van der Waals surface area contributed by atoms with Crippen LogP contribution in [0, 0.1) is 5.92 Å². The van der Waals surface area contributed by atoms with E-state index >= 15 is 0 Å². The summed E-state index contributed by atoms with van der Waals surface area (Å²) >= 11 is 5.47. The zero-order chi connectivity index (χ0) is 15.0. The molecule has 0 amide bonds. The first-order valence-electron chi connectivity index (χ1n) is 5.68. The number of halogens is 4. The van der Waals surface area contributed by atoms with Crippen LogP contribution in [0.1, 0.15) is 26.2 Å². The average molecular weight is 297 g/mol. The Kier molecular flexibility index (Phi) is 8.23. The highest BCUT2D eigenvalue weighted by Gasteiger charge is 2.20. The van der Waals surface area contributed by atoms with Crippen molar-refractivity contribution in [1.82, 2.24) is 0 Å². The molecule has 0 saturated carbocycles. The summed E-state index contributed by atoms with van der Waals surface area (Å²) in [6, 6.07) is 0. The van der Waals surface area contributed by atoms with Crippen molar-refractivity contribution in [3.8, 4) is 0 Å². The van der Waals surface area contributed by atoms with Gasteiger partial charge in [0.15, 0.2) is 17.5 Å². The topological polar surface area (TPSA) is 37.3 Å². The molecule has 6 heteroatoms. The minimum atomic E-state index is -1.72. The molecule has 1 atom stereocenters. The van der Waals surface area contributed by atoms with Crippen LogP contribution in [-0.2, 0) is 4.79 Å². The fraction of sp³-hybridized carbons (Fsp3) is 0.462. The van der Waals surface area contributed by atoms with Crippen molar-refractivity contribution in [2.45, 2.75) is 26.2 Å². The minimum absolute atomic E-state index is 0.107. The molecule has 0 aliphatic rings. The number of carboxylic acids is 1. The van der Waals surface area contributed by atoms with E-state index in [0.29, 0.717) is 24.8 Å². The smallest absolute Gasteiger partial charge is 0.310 e. The maximum absolute atomic E-state index is 13.2. The third kappa shape index (κ3) is 6.47. The number of carbonyl (C=O) groups is 1. The van der Waals surface area contributed by atoms with E-state index < -0.39 is 29.4 Å². The maximum atomic E-state index is 13.2. The van der Waals surface area contributed by atoms with E-state index in [0.717, 1.165) is 0 Å². The Hall–Kier alpha value is -1.23. The number of carboxylic acid groups (broad SMARTS) is 1. The second-order valence-electron chi connectivity index (χ2n) is 4.03. The average Bonchev–Trinajstić information content (AvgIpc) is 2.32. The van der Waals surface area contributed by atoms with Gasteiger partial charge in [0.25, 0.3) is 0 Å². The summed E-state index contributed by atoms with van der Waals surface area (Å²) in [5, 5.41) is 9.01. The van der Waals surface area contributed by atoms with Gasteiger partial charge in [0.05, 0.1) is 5.92 Å². The number of aliphatic carboxylic acids is 1. The normalized spacial score (nSPS) is 14.9. The lowest BCUT2D eigenvalue weighted by molar-refractivity contribution is -0.140. The highest BCUT2D eigenvalue weighted by Crippen LogP contribution is 2.24.